The second-order valence-electron chi connectivity index (χ2n) is 7.13. The van der Waals surface area contributed by atoms with Gasteiger partial charge in [-0.2, -0.15) is 0 Å². The number of rotatable bonds is 11. The van der Waals surface area contributed by atoms with Crippen molar-refractivity contribution in [3.8, 4) is 0 Å². The summed E-state index contributed by atoms with van der Waals surface area (Å²) in [7, 11) is 1.67. The van der Waals surface area contributed by atoms with E-state index in [1.807, 2.05) is 13.8 Å². The zero-order valence-electron chi connectivity index (χ0n) is 14.7. The highest BCUT2D eigenvalue weighted by atomic mass is 16.7. The number of hydrogen-bond donors (Lipinski definition) is 0. The second kappa shape index (κ2) is 11.0. The number of hydrogen-bond acceptors (Lipinski definition) is 2. The Morgan fingerprint density at radius 2 is 1.30 bits per heavy atom. The second-order valence-corrected chi connectivity index (χ2v) is 7.13. The van der Waals surface area contributed by atoms with E-state index < -0.39 is 0 Å². The van der Waals surface area contributed by atoms with Crippen LogP contribution >= 0.6 is 0 Å². The first-order valence-corrected chi connectivity index (χ1v) is 8.21. The lowest BCUT2D eigenvalue weighted by Crippen LogP contribution is -2.03. The van der Waals surface area contributed by atoms with E-state index in [4.69, 9.17) is 9.47 Å². The van der Waals surface area contributed by atoms with Gasteiger partial charge in [-0.1, -0.05) is 59.3 Å². The van der Waals surface area contributed by atoms with Crippen molar-refractivity contribution in [2.24, 2.45) is 5.41 Å². The van der Waals surface area contributed by atoms with Gasteiger partial charge in [-0.15, -0.1) is 0 Å². The third kappa shape index (κ3) is 12.4. The minimum atomic E-state index is 0.501. The molecule has 0 rings (SSSR count). The Hall–Kier alpha value is -0.660. The van der Waals surface area contributed by atoms with Crippen LogP contribution in [0.5, 0.6) is 0 Å². The summed E-state index contributed by atoms with van der Waals surface area (Å²) in [6, 6.07) is 0. The molecule has 0 fully saturated rings. The summed E-state index contributed by atoms with van der Waals surface area (Å²) in [4.78, 5) is 0. The fourth-order valence-electron chi connectivity index (χ4n) is 2.21. The zero-order valence-corrected chi connectivity index (χ0v) is 14.7. The van der Waals surface area contributed by atoms with Crippen LogP contribution in [0.3, 0.4) is 0 Å². The number of allylic oxidation sites excluding steroid dienone is 1. The average molecular weight is 284 g/mol. The summed E-state index contributed by atoms with van der Waals surface area (Å²) in [5, 5.41) is 0. The van der Waals surface area contributed by atoms with Gasteiger partial charge in [0.15, 0.2) is 0 Å². The van der Waals surface area contributed by atoms with Gasteiger partial charge in [-0.05, 0) is 32.1 Å². The molecule has 0 aromatic carbocycles. The molecule has 0 saturated carbocycles. The molecule has 120 valence electrons. The quantitative estimate of drug-likeness (QED) is 0.339. The van der Waals surface area contributed by atoms with Gasteiger partial charge in [0.05, 0.1) is 13.7 Å². The third-order valence-corrected chi connectivity index (χ3v) is 3.40. The van der Waals surface area contributed by atoms with Crippen LogP contribution < -0.4 is 0 Å². The highest BCUT2D eigenvalue weighted by Crippen LogP contribution is 2.22. The molecule has 0 aliphatic carbocycles. The summed E-state index contributed by atoms with van der Waals surface area (Å²) in [5.41, 5.74) is 1.60. The molecule has 0 bridgehead atoms. The maximum atomic E-state index is 5.59. The minimum Gasteiger partial charge on any atom is -0.469 e. The van der Waals surface area contributed by atoms with Gasteiger partial charge in [-0.25, -0.2) is 0 Å². The summed E-state index contributed by atoms with van der Waals surface area (Å²) < 4.78 is 10.8. The van der Waals surface area contributed by atoms with Crippen molar-refractivity contribution in [3.63, 3.8) is 0 Å². The maximum Gasteiger partial charge on any atom is 0.277 e. The smallest absolute Gasteiger partial charge is 0.277 e. The highest BCUT2D eigenvalue weighted by molar-refractivity contribution is 4.94. The summed E-state index contributed by atoms with van der Waals surface area (Å²) >= 11 is 0. The first-order valence-electron chi connectivity index (χ1n) is 8.21. The average Bonchev–Trinajstić information content (AvgIpc) is 2.34. The Labute approximate surface area is 126 Å². The predicted octanol–water partition coefficient (Wildman–Crippen LogP) is 6.07. The first-order chi connectivity index (χ1) is 9.37. The highest BCUT2D eigenvalue weighted by Gasteiger charge is 2.08. The molecular weight excluding hydrogens is 248 g/mol. The molecule has 0 aliphatic rings. The maximum absolute atomic E-state index is 5.59. The molecule has 0 aromatic heterocycles. The summed E-state index contributed by atoms with van der Waals surface area (Å²) in [5.74, 6) is 0.687. The van der Waals surface area contributed by atoms with Crippen molar-refractivity contribution in [3.05, 3.63) is 11.5 Å². The van der Waals surface area contributed by atoms with Crippen LogP contribution in [-0.2, 0) is 9.47 Å². The Morgan fingerprint density at radius 1 is 0.800 bits per heavy atom. The molecule has 0 aromatic rings. The summed E-state index contributed by atoms with van der Waals surface area (Å²) in [6.07, 6.45) is 10.6. The first kappa shape index (κ1) is 19.3. The van der Waals surface area contributed by atoms with Crippen LogP contribution in [0.1, 0.15) is 86.0 Å². The molecule has 0 heterocycles. The van der Waals surface area contributed by atoms with Gasteiger partial charge in [0.25, 0.3) is 5.95 Å². The van der Waals surface area contributed by atoms with E-state index in [1.165, 1.54) is 44.9 Å². The molecule has 0 radical (unpaired) electrons. The van der Waals surface area contributed by atoms with E-state index in [1.54, 1.807) is 7.11 Å². The largest absolute Gasteiger partial charge is 0.469 e. The number of methoxy groups -OCH3 is 1. The molecule has 0 atom stereocenters. The van der Waals surface area contributed by atoms with E-state index in [0.29, 0.717) is 11.4 Å². The van der Waals surface area contributed by atoms with Crippen molar-refractivity contribution >= 4 is 0 Å². The van der Waals surface area contributed by atoms with E-state index >= 15 is 0 Å². The minimum absolute atomic E-state index is 0.501. The standard InChI is InChI=1S/C18H36O2/c1-16(2)17(19-6)20-15-13-11-9-7-8-10-12-14-18(3,4)5/h7-15H2,1-6H3. The molecule has 0 N–H and O–H groups in total. The Morgan fingerprint density at radius 3 is 1.75 bits per heavy atom. The van der Waals surface area contributed by atoms with Crippen LogP contribution in [-0.4, -0.2) is 13.7 Å². The third-order valence-electron chi connectivity index (χ3n) is 3.40. The van der Waals surface area contributed by atoms with Crippen molar-refractivity contribution in [2.45, 2.75) is 86.0 Å². The van der Waals surface area contributed by atoms with Crippen LogP contribution in [0.2, 0.25) is 0 Å². The predicted molar refractivity (Wildman–Crippen MR) is 87.7 cm³/mol. The van der Waals surface area contributed by atoms with E-state index in [-0.39, 0.29) is 0 Å². The Balaban J connectivity index is 3.32. The normalized spacial score (nSPS) is 11.3. The van der Waals surface area contributed by atoms with Crippen molar-refractivity contribution in [1.29, 1.82) is 0 Å². The van der Waals surface area contributed by atoms with E-state index in [2.05, 4.69) is 20.8 Å². The molecule has 0 amide bonds. The Bertz CT molecular complexity index is 257. The molecular formula is C18H36O2. The fraction of sp³-hybridized carbons (Fsp3) is 0.889. The van der Waals surface area contributed by atoms with Crippen LogP contribution in [0.4, 0.5) is 0 Å². The number of ether oxygens (including phenoxy) is 2. The lowest BCUT2D eigenvalue weighted by molar-refractivity contribution is 0.0560. The van der Waals surface area contributed by atoms with E-state index in [0.717, 1.165) is 18.6 Å². The molecule has 2 nitrogen and oxygen atoms in total. The topological polar surface area (TPSA) is 18.5 Å². The van der Waals surface area contributed by atoms with Gasteiger partial charge >= 0.3 is 0 Å². The van der Waals surface area contributed by atoms with E-state index in [9.17, 15) is 0 Å². The monoisotopic (exact) mass is 284 g/mol. The van der Waals surface area contributed by atoms with Crippen LogP contribution in [0, 0.1) is 5.41 Å². The Kier molecular flexibility index (Phi) is 10.7. The molecule has 20 heavy (non-hydrogen) atoms. The SMILES string of the molecule is COC(OCCCCCCCCCC(C)(C)C)=C(C)C. The lowest BCUT2D eigenvalue weighted by Gasteiger charge is -2.17. The molecule has 0 saturated heterocycles. The fourth-order valence-corrected chi connectivity index (χ4v) is 2.21. The lowest BCUT2D eigenvalue weighted by atomic mass is 9.89. The molecule has 0 unspecified atom stereocenters. The van der Waals surface area contributed by atoms with Crippen molar-refractivity contribution in [1.82, 2.24) is 0 Å². The zero-order chi connectivity index (χ0) is 15.4. The van der Waals surface area contributed by atoms with Gasteiger partial charge in [0.2, 0.25) is 0 Å². The van der Waals surface area contributed by atoms with Crippen LogP contribution in [0.25, 0.3) is 0 Å². The van der Waals surface area contributed by atoms with Crippen molar-refractivity contribution < 1.29 is 9.47 Å². The van der Waals surface area contributed by atoms with Gasteiger partial charge in [-0.3, -0.25) is 0 Å². The molecule has 2 heteroatoms. The van der Waals surface area contributed by atoms with Gasteiger partial charge in [0.1, 0.15) is 0 Å². The summed E-state index contributed by atoms with van der Waals surface area (Å²) in [6.45, 7) is 11.8. The van der Waals surface area contributed by atoms with Crippen molar-refractivity contribution in [2.75, 3.05) is 13.7 Å². The molecule has 0 aliphatic heterocycles. The van der Waals surface area contributed by atoms with Crippen LogP contribution in [0.15, 0.2) is 11.5 Å². The molecule has 0 spiro atoms. The van der Waals surface area contributed by atoms with Gasteiger partial charge < -0.3 is 9.47 Å². The van der Waals surface area contributed by atoms with Gasteiger partial charge in [0, 0.05) is 5.57 Å². The number of unbranched alkanes of at least 4 members (excludes halogenated alkanes) is 6.